The summed E-state index contributed by atoms with van der Waals surface area (Å²) in [4.78, 5) is 24.4. The van der Waals surface area contributed by atoms with E-state index in [0.29, 0.717) is 19.4 Å². The molecule has 0 aromatic rings. The Kier molecular flexibility index (Phi) is 51.6. The summed E-state index contributed by atoms with van der Waals surface area (Å²) in [6.07, 6.45) is 63.4. The summed E-state index contributed by atoms with van der Waals surface area (Å²) in [6, 6.07) is -0.627. The van der Waals surface area contributed by atoms with Crippen LogP contribution in [0.4, 0.5) is 0 Å². The molecule has 2 atom stereocenters. The normalized spacial score (nSPS) is 12.8. The molecule has 0 aliphatic carbocycles. The van der Waals surface area contributed by atoms with Crippen LogP contribution in [-0.2, 0) is 14.3 Å². The molecular weight excluding hydrogens is 779 g/mol. The minimum atomic E-state index is -0.844. The fourth-order valence-electron chi connectivity index (χ4n) is 8.63. The van der Waals surface area contributed by atoms with Gasteiger partial charge in [0.2, 0.25) is 5.91 Å². The van der Waals surface area contributed by atoms with Gasteiger partial charge in [-0.2, -0.15) is 0 Å². The van der Waals surface area contributed by atoms with Crippen LogP contribution in [0.1, 0.15) is 303 Å². The maximum absolute atomic E-state index is 12.4. The highest BCUT2D eigenvalue weighted by Gasteiger charge is 2.18. The SMILES string of the molecule is CCCCC/C=C\CCCCCCCC(=O)OCCCCCCCCCCCCCCCCCCCCCCCC(=O)NC(CO)C(O)/C=C/CCCCCCCCCCCCC. The molecule has 0 fully saturated rings. The molecule has 0 rings (SSSR count). The summed E-state index contributed by atoms with van der Waals surface area (Å²) in [5.41, 5.74) is 0. The van der Waals surface area contributed by atoms with Crippen LogP contribution in [0, 0.1) is 0 Å². The number of aliphatic hydroxyl groups is 2. The van der Waals surface area contributed by atoms with Gasteiger partial charge in [-0.3, -0.25) is 9.59 Å². The van der Waals surface area contributed by atoms with Gasteiger partial charge in [0.1, 0.15) is 0 Å². The predicted molar refractivity (Wildman–Crippen MR) is 273 cm³/mol. The van der Waals surface area contributed by atoms with Crippen molar-refractivity contribution in [3.8, 4) is 0 Å². The van der Waals surface area contributed by atoms with E-state index in [1.165, 1.54) is 231 Å². The van der Waals surface area contributed by atoms with Crippen molar-refractivity contribution in [2.45, 2.75) is 315 Å². The summed E-state index contributed by atoms with van der Waals surface area (Å²) in [5, 5.41) is 23.1. The molecule has 0 bridgehead atoms. The third kappa shape index (κ3) is 49.6. The number of carbonyl (C=O) groups is 2. The molecule has 0 saturated carbocycles. The van der Waals surface area contributed by atoms with Gasteiger partial charge in [-0.15, -0.1) is 0 Å². The Bertz CT molecular complexity index is 982. The van der Waals surface area contributed by atoms with Crippen molar-refractivity contribution < 1.29 is 24.5 Å². The lowest BCUT2D eigenvalue weighted by atomic mass is 10.0. The number of allylic oxidation sites excluding steroid dienone is 3. The van der Waals surface area contributed by atoms with E-state index in [1.807, 2.05) is 6.08 Å². The van der Waals surface area contributed by atoms with Crippen LogP contribution in [0.3, 0.4) is 0 Å². The number of rotatable bonds is 52. The van der Waals surface area contributed by atoms with Gasteiger partial charge in [0.25, 0.3) is 0 Å². The number of nitrogens with one attached hydrogen (secondary N) is 1. The largest absolute Gasteiger partial charge is 0.466 e. The number of ether oxygens (including phenoxy) is 1. The topological polar surface area (TPSA) is 95.9 Å². The van der Waals surface area contributed by atoms with Crippen LogP contribution >= 0.6 is 0 Å². The van der Waals surface area contributed by atoms with Crippen molar-refractivity contribution in [3.05, 3.63) is 24.3 Å². The summed E-state index contributed by atoms with van der Waals surface area (Å²) >= 11 is 0. The molecule has 3 N–H and O–H groups in total. The molecule has 2 unspecified atom stereocenters. The first-order valence-corrected chi connectivity index (χ1v) is 28.1. The second-order valence-electron chi connectivity index (χ2n) is 19.3. The molecule has 0 radical (unpaired) electrons. The van der Waals surface area contributed by atoms with Crippen LogP contribution in [0.15, 0.2) is 24.3 Å². The van der Waals surface area contributed by atoms with Crippen LogP contribution in [0.25, 0.3) is 0 Å². The van der Waals surface area contributed by atoms with Crippen molar-refractivity contribution in [2.75, 3.05) is 13.2 Å². The van der Waals surface area contributed by atoms with E-state index in [-0.39, 0.29) is 18.5 Å². The maximum atomic E-state index is 12.4. The van der Waals surface area contributed by atoms with E-state index in [0.717, 1.165) is 44.9 Å². The molecule has 1 amide bonds. The average Bonchev–Trinajstić information content (AvgIpc) is 3.28. The first-order chi connectivity index (χ1) is 31.0. The first-order valence-electron chi connectivity index (χ1n) is 28.1. The first kappa shape index (κ1) is 61.3. The third-order valence-corrected chi connectivity index (χ3v) is 13.0. The highest BCUT2D eigenvalue weighted by Crippen LogP contribution is 2.17. The van der Waals surface area contributed by atoms with Gasteiger partial charge in [-0.05, 0) is 57.8 Å². The lowest BCUT2D eigenvalue weighted by molar-refractivity contribution is -0.143. The van der Waals surface area contributed by atoms with Gasteiger partial charge in [0, 0.05) is 12.8 Å². The lowest BCUT2D eigenvalue weighted by Crippen LogP contribution is -2.45. The van der Waals surface area contributed by atoms with Gasteiger partial charge in [0.15, 0.2) is 0 Å². The van der Waals surface area contributed by atoms with Crippen molar-refractivity contribution in [3.63, 3.8) is 0 Å². The highest BCUT2D eigenvalue weighted by atomic mass is 16.5. The van der Waals surface area contributed by atoms with E-state index in [9.17, 15) is 19.8 Å². The summed E-state index contributed by atoms with van der Waals surface area (Å²) in [5.74, 6) is -0.0677. The molecular formula is C57H109NO5. The van der Waals surface area contributed by atoms with E-state index < -0.39 is 12.1 Å². The van der Waals surface area contributed by atoms with E-state index in [1.54, 1.807) is 6.08 Å². The van der Waals surface area contributed by atoms with Crippen molar-refractivity contribution in [2.24, 2.45) is 0 Å². The molecule has 0 aliphatic heterocycles. The lowest BCUT2D eigenvalue weighted by Gasteiger charge is -2.20. The van der Waals surface area contributed by atoms with Crippen LogP contribution < -0.4 is 5.32 Å². The molecule has 63 heavy (non-hydrogen) atoms. The minimum absolute atomic E-state index is 0.00113. The number of unbranched alkanes of at least 4 members (excludes halogenated alkanes) is 39. The average molecular weight is 889 g/mol. The predicted octanol–water partition coefficient (Wildman–Crippen LogP) is 17.1. The molecule has 0 heterocycles. The van der Waals surface area contributed by atoms with Crippen LogP contribution in [0.2, 0.25) is 0 Å². The van der Waals surface area contributed by atoms with E-state index in [4.69, 9.17) is 4.74 Å². The Hall–Kier alpha value is -1.66. The number of hydrogen-bond donors (Lipinski definition) is 3. The molecule has 0 aromatic heterocycles. The summed E-state index contributed by atoms with van der Waals surface area (Å²) < 4.78 is 5.46. The van der Waals surface area contributed by atoms with Crippen LogP contribution in [-0.4, -0.2) is 47.4 Å². The summed E-state index contributed by atoms with van der Waals surface area (Å²) in [6.45, 7) is 4.88. The minimum Gasteiger partial charge on any atom is -0.466 e. The molecule has 6 heteroatoms. The van der Waals surface area contributed by atoms with E-state index in [2.05, 4.69) is 31.3 Å². The van der Waals surface area contributed by atoms with Gasteiger partial charge in [0.05, 0.1) is 25.4 Å². The zero-order valence-electron chi connectivity index (χ0n) is 42.3. The summed E-state index contributed by atoms with van der Waals surface area (Å²) in [7, 11) is 0. The number of carbonyl (C=O) groups excluding carboxylic acids is 2. The standard InChI is InChI=1S/C57H109NO5/c1-3-5-7-9-11-13-15-26-29-33-37-41-45-49-55(60)54(53-59)58-56(61)50-46-42-38-34-30-27-24-22-20-18-17-19-21-23-25-28-32-36-40-44-48-52-63-57(62)51-47-43-39-35-31-16-14-12-10-8-6-4-2/h12,14,45,49,54-55,59-60H,3-11,13,15-44,46-48,50-53H2,1-2H3,(H,58,61)/b14-12-,49-45+. The van der Waals surface area contributed by atoms with Crippen molar-refractivity contribution in [1.82, 2.24) is 5.32 Å². The second-order valence-corrected chi connectivity index (χ2v) is 19.3. The molecule has 0 spiro atoms. The Morgan fingerprint density at radius 1 is 0.429 bits per heavy atom. The quantitative estimate of drug-likeness (QED) is 0.0321. The highest BCUT2D eigenvalue weighted by molar-refractivity contribution is 5.76. The smallest absolute Gasteiger partial charge is 0.305 e. The molecule has 6 nitrogen and oxygen atoms in total. The number of aliphatic hydroxyl groups excluding tert-OH is 2. The molecule has 372 valence electrons. The Morgan fingerprint density at radius 3 is 1.16 bits per heavy atom. The molecule has 0 aliphatic rings. The van der Waals surface area contributed by atoms with Crippen molar-refractivity contribution in [1.29, 1.82) is 0 Å². The van der Waals surface area contributed by atoms with Gasteiger partial charge in [-0.1, -0.05) is 256 Å². The van der Waals surface area contributed by atoms with Gasteiger partial charge >= 0.3 is 5.97 Å². The number of esters is 1. The van der Waals surface area contributed by atoms with E-state index >= 15 is 0 Å². The Balaban J connectivity index is 3.41. The fraction of sp³-hybridized carbons (Fsp3) is 0.895. The van der Waals surface area contributed by atoms with Crippen molar-refractivity contribution >= 4 is 11.9 Å². The van der Waals surface area contributed by atoms with Crippen LogP contribution in [0.5, 0.6) is 0 Å². The van der Waals surface area contributed by atoms with Gasteiger partial charge < -0.3 is 20.3 Å². The Morgan fingerprint density at radius 2 is 0.746 bits per heavy atom. The molecule has 0 aromatic carbocycles. The third-order valence-electron chi connectivity index (χ3n) is 13.0. The van der Waals surface area contributed by atoms with Gasteiger partial charge in [-0.25, -0.2) is 0 Å². The zero-order chi connectivity index (χ0) is 45.8. The maximum Gasteiger partial charge on any atom is 0.305 e. The fourth-order valence-corrected chi connectivity index (χ4v) is 8.63. The molecule has 0 saturated heterocycles. The monoisotopic (exact) mass is 888 g/mol. The number of hydrogen-bond acceptors (Lipinski definition) is 5. The zero-order valence-corrected chi connectivity index (χ0v) is 42.3. The number of amides is 1. The Labute approximate surface area is 392 Å². The second kappa shape index (κ2) is 53.0.